The maximum atomic E-state index is 11.7. The molecule has 0 radical (unpaired) electrons. The number of aromatic amines is 1. The Labute approximate surface area is 111 Å². The Morgan fingerprint density at radius 3 is 2.85 bits per heavy atom. The van der Waals surface area contributed by atoms with Gasteiger partial charge in [-0.15, -0.1) is 0 Å². The van der Waals surface area contributed by atoms with E-state index in [-0.39, 0.29) is 17.1 Å². The molecule has 1 fully saturated rings. The van der Waals surface area contributed by atoms with Crippen LogP contribution in [-0.4, -0.2) is 59.8 Å². The van der Waals surface area contributed by atoms with E-state index in [1.807, 2.05) is 0 Å². The summed E-state index contributed by atoms with van der Waals surface area (Å²) in [7, 11) is 0. The maximum Gasteiger partial charge on any atom is 0.280 e. The van der Waals surface area contributed by atoms with Gasteiger partial charge in [0.05, 0.1) is 12.9 Å². The molecular formula is C10H13N5O5. The van der Waals surface area contributed by atoms with E-state index in [1.54, 1.807) is 0 Å². The molecule has 0 amide bonds. The standard InChI is InChI=1S/C10H13N5O5/c11-10-13-7-4(8(19)14-10)12-2-15(7)9-6(18)5(17)3(1-16)20-9/h2-3,5-6,9,16-18H,1H2,(H3,11,13,14,19)/t3-,5?,6+,9-/m1/s1. The highest BCUT2D eigenvalue weighted by Crippen LogP contribution is 2.30. The Balaban J connectivity index is 2.09. The van der Waals surface area contributed by atoms with Crippen molar-refractivity contribution in [3.63, 3.8) is 0 Å². The first-order valence-electron chi connectivity index (χ1n) is 5.87. The fraction of sp³-hybridized carbons (Fsp3) is 0.500. The van der Waals surface area contributed by atoms with Crippen molar-refractivity contribution in [3.05, 3.63) is 16.7 Å². The number of nitrogens with two attached hydrogens (primary N) is 1. The summed E-state index contributed by atoms with van der Waals surface area (Å²) < 4.78 is 6.64. The summed E-state index contributed by atoms with van der Waals surface area (Å²) in [4.78, 5) is 21.8. The Morgan fingerprint density at radius 2 is 2.20 bits per heavy atom. The quantitative estimate of drug-likeness (QED) is 0.398. The van der Waals surface area contributed by atoms with Crippen molar-refractivity contribution in [1.29, 1.82) is 0 Å². The van der Waals surface area contributed by atoms with Gasteiger partial charge < -0.3 is 25.8 Å². The highest BCUT2D eigenvalue weighted by molar-refractivity contribution is 5.70. The number of hydrogen-bond donors (Lipinski definition) is 5. The molecule has 10 heteroatoms. The molecule has 0 aliphatic carbocycles. The fourth-order valence-corrected chi connectivity index (χ4v) is 2.24. The van der Waals surface area contributed by atoms with Gasteiger partial charge in [0, 0.05) is 0 Å². The number of nitrogen functional groups attached to an aromatic ring is 1. The van der Waals surface area contributed by atoms with E-state index in [0.717, 1.165) is 0 Å². The topological polar surface area (TPSA) is 160 Å². The number of ether oxygens (including phenoxy) is 1. The normalized spacial score (nSPS) is 30.1. The van der Waals surface area contributed by atoms with Gasteiger partial charge in [-0.3, -0.25) is 14.3 Å². The van der Waals surface area contributed by atoms with Gasteiger partial charge in [-0.25, -0.2) is 4.98 Å². The molecule has 1 aliphatic rings. The second kappa shape index (κ2) is 4.52. The zero-order valence-electron chi connectivity index (χ0n) is 10.2. The maximum absolute atomic E-state index is 11.7. The van der Waals surface area contributed by atoms with Crippen molar-refractivity contribution in [1.82, 2.24) is 19.5 Å². The zero-order chi connectivity index (χ0) is 14.4. The smallest absolute Gasteiger partial charge is 0.280 e. The minimum atomic E-state index is -1.29. The van der Waals surface area contributed by atoms with Crippen LogP contribution in [0.4, 0.5) is 5.95 Å². The predicted octanol–water partition coefficient (Wildman–Crippen LogP) is -2.69. The van der Waals surface area contributed by atoms with Crippen molar-refractivity contribution in [2.45, 2.75) is 24.5 Å². The molecule has 2 aromatic heterocycles. The number of nitrogens with zero attached hydrogens (tertiary/aromatic N) is 3. The van der Waals surface area contributed by atoms with Gasteiger partial charge in [-0.05, 0) is 0 Å². The number of nitrogens with one attached hydrogen (secondary N) is 1. The van der Waals surface area contributed by atoms with Crippen molar-refractivity contribution in [2.75, 3.05) is 12.3 Å². The molecule has 4 atom stereocenters. The molecule has 3 rings (SSSR count). The highest BCUT2D eigenvalue weighted by atomic mass is 16.6. The molecule has 0 saturated carbocycles. The van der Waals surface area contributed by atoms with E-state index < -0.39 is 36.7 Å². The van der Waals surface area contributed by atoms with E-state index in [1.165, 1.54) is 10.9 Å². The summed E-state index contributed by atoms with van der Waals surface area (Å²) >= 11 is 0. The summed E-state index contributed by atoms with van der Waals surface area (Å²) in [5.74, 6) is -0.101. The lowest BCUT2D eigenvalue weighted by molar-refractivity contribution is -0.0511. The van der Waals surface area contributed by atoms with Crippen molar-refractivity contribution in [3.8, 4) is 0 Å². The Bertz CT molecular complexity index is 697. The summed E-state index contributed by atoms with van der Waals surface area (Å²) in [5.41, 5.74) is 5.12. The van der Waals surface area contributed by atoms with E-state index in [4.69, 9.17) is 15.6 Å². The molecule has 20 heavy (non-hydrogen) atoms. The highest BCUT2D eigenvalue weighted by Gasteiger charge is 2.44. The Morgan fingerprint density at radius 1 is 1.45 bits per heavy atom. The molecule has 10 nitrogen and oxygen atoms in total. The first kappa shape index (κ1) is 13.0. The van der Waals surface area contributed by atoms with E-state index in [0.29, 0.717) is 0 Å². The average Bonchev–Trinajstić information content (AvgIpc) is 2.93. The van der Waals surface area contributed by atoms with Crippen LogP contribution < -0.4 is 11.3 Å². The lowest BCUT2D eigenvalue weighted by Gasteiger charge is -2.16. The van der Waals surface area contributed by atoms with E-state index >= 15 is 0 Å². The largest absolute Gasteiger partial charge is 0.394 e. The van der Waals surface area contributed by atoms with Crippen LogP contribution in [0.2, 0.25) is 0 Å². The third-order valence-electron chi connectivity index (χ3n) is 3.24. The summed E-state index contributed by atoms with van der Waals surface area (Å²) in [6, 6.07) is 0. The molecule has 1 unspecified atom stereocenters. The molecule has 3 heterocycles. The second-order valence-electron chi connectivity index (χ2n) is 4.50. The fourth-order valence-electron chi connectivity index (χ4n) is 2.24. The van der Waals surface area contributed by atoms with Crippen molar-refractivity contribution < 1.29 is 20.1 Å². The number of aromatic nitrogens is 4. The van der Waals surface area contributed by atoms with Gasteiger partial charge >= 0.3 is 0 Å². The first-order chi connectivity index (χ1) is 9.52. The molecule has 6 N–H and O–H groups in total. The number of aliphatic hydroxyl groups excluding tert-OH is 3. The van der Waals surface area contributed by atoms with Crippen molar-refractivity contribution >= 4 is 17.1 Å². The number of H-pyrrole nitrogens is 1. The van der Waals surface area contributed by atoms with Crippen molar-refractivity contribution in [2.24, 2.45) is 0 Å². The van der Waals surface area contributed by atoms with Gasteiger partial charge in [0.25, 0.3) is 5.56 Å². The number of fused-ring (bicyclic) bond motifs is 1. The predicted molar refractivity (Wildman–Crippen MR) is 65.6 cm³/mol. The van der Waals surface area contributed by atoms with Crippen LogP contribution >= 0.6 is 0 Å². The molecule has 1 aliphatic heterocycles. The first-order valence-corrected chi connectivity index (χ1v) is 5.87. The Kier molecular flexibility index (Phi) is 2.94. The molecule has 0 spiro atoms. The molecule has 2 aromatic rings. The molecule has 108 valence electrons. The third-order valence-corrected chi connectivity index (χ3v) is 3.24. The van der Waals surface area contributed by atoms with E-state index in [2.05, 4.69) is 15.0 Å². The van der Waals surface area contributed by atoms with Crippen LogP contribution in [-0.2, 0) is 4.74 Å². The monoisotopic (exact) mass is 283 g/mol. The molecular weight excluding hydrogens is 270 g/mol. The molecule has 0 aromatic carbocycles. The van der Waals surface area contributed by atoms with Crippen LogP contribution in [0.3, 0.4) is 0 Å². The lowest BCUT2D eigenvalue weighted by atomic mass is 10.1. The van der Waals surface area contributed by atoms with Crippen LogP contribution in [0.15, 0.2) is 11.1 Å². The lowest BCUT2D eigenvalue weighted by Crippen LogP contribution is -2.33. The Hall–Kier alpha value is -2.01. The van der Waals surface area contributed by atoms with Crippen LogP contribution in [0, 0.1) is 0 Å². The molecule has 1 saturated heterocycles. The molecule has 0 bridgehead atoms. The number of hydrogen-bond acceptors (Lipinski definition) is 8. The third kappa shape index (κ3) is 1.78. The van der Waals surface area contributed by atoms with Gasteiger partial charge in [0.1, 0.15) is 18.3 Å². The summed E-state index contributed by atoms with van der Waals surface area (Å²) in [6.07, 6.45) is -3.21. The van der Waals surface area contributed by atoms with E-state index in [9.17, 15) is 15.0 Å². The summed E-state index contributed by atoms with van der Waals surface area (Å²) in [6.45, 7) is -0.447. The zero-order valence-corrected chi connectivity index (χ0v) is 10.2. The minimum Gasteiger partial charge on any atom is -0.394 e. The number of anilines is 1. The van der Waals surface area contributed by atoms with Crippen LogP contribution in [0.5, 0.6) is 0 Å². The average molecular weight is 283 g/mol. The van der Waals surface area contributed by atoms with Gasteiger partial charge in [-0.2, -0.15) is 4.98 Å². The SMILES string of the molecule is Nc1nc2c(ncn2[C@@H]2O[C@H](CO)C(O)[C@@H]2O)c(=O)[nH]1. The van der Waals surface area contributed by atoms with Gasteiger partial charge in [0.2, 0.25) is 5.95 Å². The van der Waals surface area contributed by atoms with Gasteiger partial charge in [-0.1, -0.05) is 0 Å². The number of rotatable bonds is 2. The second-order valence-corrected chi connectivity index (χ2v) is 4.50. The number of aliphatic hydroxyl groups is 3. The number of imidazole rings is 1. The van der Waals surface area contributed by atoms with Crippen LogP contribution in [0.1, 0.15) is 6.23 Å². The van der Waals surface area contributed by atoms with Crippen LogP contribution in [0.25, 0.3) is 11.2 Å². The van der Waals surface area contributed by atoms with Gasteiger partial charge in [0.15, 0.2) is 17.4 Å². The minimum absolute atomic E-state index is 0.0388. The summed E-state index contributed by atoms with van der Waals surface area (Å²) in [5, 5.41) is 28.7.